The summed E-state index contributed by atoms with van der Waals surface area (Å²) in [7, 11) is -10.5. The van der Waals surface area contributed by atoms with Crippen LogP contribution in [-0.4, -0.2) is 83.4 Å². The van der Waals surface area contributed by atoms with Crippen LogP contribution in [0.25, 0.3) is 21.5 Å². The zero-order valence-electron chi connectivity index (χ0n) is 19.8. The molecule has 0 amide bonds. The second-order valence-electron chi connectivity index (χ2n) is 7.53. The minimum atomic E-state index is -5.26. The number of hydrogen-bond donors (Lipinski definition) is 0. The summed E-state index contributed by atoms with van der Waals surface area (Å²) in [6, 6.07) is 12.4. The summed E-state index contributed by atoms with van der Waals surface area (Å²) in [6.45, 7) is 0. The Bertz CT molecular complexity index is 1840. The van der Waals surface area contributed by atoms with Crippen LogP contribution in [0.4, 0.5) is 22.7 Å². The molecule has 0 aliphatic rings. The molecule has 21 heteroatoms. The van der Waals surface area contributed by atoms with Gasteiger partial charge in [-0.25, -0.2) is 16.8 Å². The van der Waals surface area contributed by atoms with E-state index in [-0.39, 0.29) is 59.3 Å². The molecule has 0 saturated heterocycles. The van der Waals surface area contributed by atoms with Crippen LogP contribution in [0.5, 0.6) is 0 Å². The average Bonchev–Trinajstić information content (AvgIpc) is 2.85. The number of rotatable bonds is 6. The van der Waals surface area contributed by atoms with Crippen LogP contribution in [0.1, 0.15) is 0 Å². The van der Waals surface area contributed by atoms with Gasteiger partial charge < -0.3 is 9.11 Å². The van der Waals surface area contributed by atoms with Gasteiger partial charge in [-0.1, -0.05) is 48.5 Å². The molecule has 0 aliphatic carbocycles. The predicted octanol–water partition coefficient (Wildman–Crippen LogP) is 2.74. The quantitative estimate of drug-likeness (QED) is 0.127. The molecule has 0 spiro atoms. The molecule has 0 radical (unpaired) electrons. The van der Waals surface area contributed by atoms with Crippen molar-refractivity contribution in [2.45, 2.75) is 9.79 Å². The van der Waals surface area contributed by atoms with Gasteiger partial charge in [0, 0.05) is 22.9 Å². The summed E-state index contributed by atoms with van der Waals surface area (Å²) in [6.07, 6.45) is 0. The van der Waals surface area contributed by atoms with Crippen molar-refractivity contribution >= 4 is 102 Å². The first-order valence-electron chi connectivity index (χ1n) is 10.1. The zero-order valence-corrected chi connectivity index (χ0v) is 23.6. The van der Waals surface area contributed by atoms with E-state index in [9.17, 15) is 66.4 Å². The molecule has 0 unspecified atom stereocenters. The van der Waals surface area contributed by atoms with Crippen molar-refractivity contribution in [3.63, 3.8) is 0 Å². The summed E-state index contributed by atoms with van der Waals surface area (Å²) >= 11 is 0. The summed E-state index contributed by atoms with van der Waals surface area (Å²) in [5.74, 6) is 0. The molecular weight excluding hydrogens is 624 g/mol. The van der Waals surface area contributed by atoms with E-state index in [0.29, 0.717) is 0 Å². The Balaban J connectivity index is 0.000000280. The standard InChI is InChI=1S/2C10H6N2O7S.Ca/c2*13-11(14)8-5-6-3-1-2-4-7(6)10(20(17,18)19)9(8)12(15)16;/h2*1-5H,(H,17,18,19);/q;;+2/p-2. The van der Waals surface area contributed by atoms with Crippen molar-refractivity contribution in [3.8, 4) is 0 Å². The molecule has 0 N–H and O–H groups in total. The Morgan fingerprint density at radius 3 is 1.05 bits per heavy atom. The van der Waals surface area contributed by atoms with Crippen LogP contribution in [0.3, 0.4) is 0 Å². The maximum Gasteiger partial charge on any atom is 2.00 e. The molecule has 0 aliphatic heterocycles. The minimum Gasteiger partial charge on any atom is -0.744 e. The van der Waals surface area contributed by atoms with Gasteiger partial charge in [0.15, 0.2) is 0 Å². The monoisotopic (exact) mass is 634 g/mol. The molecule has 208 valence electrons. The fraction of sp³-hybridized carbons (Fsp3) is 0. The van der Waals surface area contributed by atoms with Crippen LogP contribution in [0.15, 0.2) is 70.5 Å². The summed E-state index contributed by atoms with van der Waals surface area (Å²) in [4.78, 5) is 36.5. The zero-order chi connectivity index (χ0) is 30.2. The number of nitro groups is 4. The summed E-state index contributed by atoms with van der Waals surface area (Å²) < 4.78 is 67.6. The van der Waals surface area contributed by atoms with Crippen LogP contribution in [0, 0.1) is 40.5 Å². The first kappa shape index (κ1) is 33.3. The largest absolute Gasteiger partial charge is 2.00 e. The minimum absolute atomic E-state index is 0. The smallest absolute Gasteiger partial charge is 0.744 e. The SMILES string of the molecule is O=[N+]([O-])c1cc2ccccc2c(S(=O)(=O)[O-])c1[N+](=O)[O-].O=[N+]([O-])c1cc2ccccc2c(S(=O)(=O)[O-])c1[N+](=O)[O-].[Ca+2]. The molecule has 0 fully saturated rings. The van der Waals surface area contributed by atoms with Crippen LogP contribution in [0.2, 0.25) is 0 Å². The number of benzene rings is 4. The first-order valence-corrected chi connectivity index (χ1v) is 12.9. The Morgan fingerprint density at radius 1 is 0.512 bits per heavy atom. The maximum absolute atomic E-state index is 11.3. The van der Waals surface area contributed by atoms with Gasteiger partial charge in [-0.05, 0) is 10.8 Å². The van der Waals surface area contributed by atoms with E-state index in [1.807, 2.05) is 0 Å². The van der Waals surface area contributed by atoms with Gasteiger partial charge in [0.1, 0.15) is 30.0 Å². The second kappa shape index (κ2) is 12.3. The van der Waals surface area contributed by atoms with Gasteiger partial charge in [-0.2, -0.15) is 0 Å². The van der Waals surface area contributed by atoms with Crippen LogP contribution >= 0.6 is 0 Å². The number of fused-ring (bicyclic) bond motifs is 2. The molecule has 4 aromatic carbocycles. The molecule has 41 heavy (non-hydrogen) atoms. The van der Waals surface area contributed by atoms with Crippen molar-refractivity contribution in [2.75, 3.05) is 0 Å². The van der Waals surface area contributed by atoms with Crippen molar-refractivity contribution in [1.29, 1.82) is 0 Å². The molecule has 0 atom stereocenters. The van der Waals surface area contributed by atoms with E-state index >= 15 is 0 Å². The summed E-state index contributed by atoms with van der Waals surface area (Å²) in [5.41, 5.74) is -4.71. The molecular formula is C20H10CaN4O14S2. The van der Waals surface area contributed by atoms with Gasteiger partial charge >= 0.3 is 60.5 Å². The van der Waals surface area contributed by atoms with Gasteiger partial charge in [0.05, 0.1) is 19.7 Å². The van der Waals surface area contributed by atoms with Crippen molar-refractivity contribution < 1.29 is 45.6 Å². The molecule has 0 aromatic heterocycles. The third-order valence-corrected chi connectivity index (χ3v) is 7.00. The Hall–Kier alpha value is -3.92. The third kappa shape index (κ3) is 6.87. The number of nitro benzene ring substituents is 4. The second-order valence-corrected chi connectivity index (χ2v) is 10.2. The van der Waals surface area contributed by atoms with Crippen molar-refractivity contribution in [1.82, 2.24) is 0 Å². The van der Waals surface area contributed by atoms with E-state index in [0.717, 1.165) is 12.1 Å². The van der Waals surface area contributed by atoms with Crippen molar-refractivity contribution in [2.24, 2.45) is 0 Å². The van der Waals surface area contributed by atoms with E-state index in [1.165, 1.54) is 48.5 Å². The number of nitrogens with zero attached hydrogens (tertiary/aromatic N) is 4. The van der Waals surface area contributed by atoms with E-state index < -0.39 is 72.5 Å². The summed E-state index contributed by atoms with van der Waals surface area (Å²) in [5, 5.41) is 43.2. The van der Waals surface area contributed by atoms with Gasteiger partial charge in [-0.3, -0.25) is 40.5 Å². The molecule has 0 bridgehead atoms. The molecule has 0 saturated carbocycles. The predicted molar refractivity (Wildman–Crippen MR) is 136 cm³/mol. The molecule has 0 heterocycles. The normalized spacial score (nSPS) is 11.2. The van der Waals surface area contributed by atoms with E-state index in [4.69, 9.17) is 0 Å². The van der Waals surface area contributed by atoms with Crippen LogP contribution in [-0.2, 0) is 20.2 Å². The Labute approximate surface area is 257 Å². The Morgan fingerprint density at radius 2 is 0.805 bits per heavy atom. The van der Waals surface area contributed by atoms with E-state index in [2.05, 4.69) is 0 Å². The Kier molecular flexibility index (Phi) is 9.99. The van der Waals surface area contributed by atoms with Gasteiger partial charge in [0.2, 0.25) is 0 Å². The number of hydrogen-bond acceptors (Lipinski definition) is 14. The fourth-order valence-electron chi connectivity index (χ4n) is 3.72. The van der Waals surface area contributed by atoms with Gasteiger partial charge in [0.25, 0.3) is 0 Å². The molecule has 4 rings (SSSR count). The fourth-order valence-corrected chi connectivity index (χ4v) is 5.46. The van der Waals surface area contributed by atoms with Crippen molar-refractivity contribution in [3.05, 3.63) is 101 Å². The molecule has 18 nitrogen and oxygen atoms in total. The average molecular weight is 635 g/mol. The third-order valence-electron chi connectivity index (χ3n) is 5.17. The first-order chi connectivity index (χ1) is 18.5. The maximum atomic E-state index is 11.3. The topological polar surface area (TPSA) is 287 Å². The van der Waals surface area contributed by atoms with E-state index in [1.54, 1.807) is 0 Å². The van der Waals surface area contributed by atoms with Crippen LogP contribution < -0.4 is 0 Å². The molecule has 4 aromatic rings. The van der Waals surface area contributed by atoms with Gasteiger partial charge in [-0.15, -0.1) is 0 Å².